The molecule has 0 amide bonds. The Morgan fingerprint density at radius 2 is 2.25 bits per heavy atom. The maximum Gasteiger partial charge on any atom is 0.159 e. The first-order chi connectivity index (χ1) is 7.42. The Balaban J connectivity index is 2.30. The first-order valence-corrected chi connectivity index (χ1v) is 6.29. The maximum atomic E-state index is 12.0. The van der Waals surface area contributed by atoms with Gasteiger partial charge in [0, 0.05) is 6.42 Å². The summed E-state index contributed by atoms with van der Waals surface area (Å²) in [4.78, 5) is 12.0. The molecule has 16 heavy (non-hydrogen) atoms. The maximum absolute atomic E-state index is 12.0. The number of Topliss-reactive ketones (excluding diaryl/α,β-unsaturated/α-hetero) is 1. The second-order valence-corrected chi connectivity index (χ2v) is 6.22. The van der Waals surface area contributed by atoms with E-state index in [-0.39, 0.29) is 5.41 Å². The Labute approximate surface area is 98.6 Å². The van der Waals surface area contributed by atoms with Crippen LogP contribution in [-0.4, -0.2) is 5.78 Å². The van der Waals surface area contributed by atoms with Gasteiger partial charge < -0.3 is 0 Å². The largest absolute Gasteiger partial charge is 0.295 e. The molecule has 0 spiro atoms. The molecule has 0 aliphatic heterocycles. The number of carbonyl (C=O) groups is 1. The molecule has 1 nitrogen and oxygen atoms in total. The normalized spacial score (nSPS) is 32.2. The van der Waals surface area contributed by atoms with Crippen molar-refractivity contribution in [3.05, 3.63) is 23.8 Å². The third kappa shape index (κ3) is 1.88. The van der Waals surface area contributed by atoms with E-state index in [1.165, 1.54) is 12.0 Å². The summed E-state index contributed by atoms with van der Waals surface area (Å²) < 4.78 is 0. The number of hydrogen-bond donors (Lipinski definition) is 0. The summed E-state index contributed by atoms with van der Waals surface area (Å²) in [6.45, 7) is 10.6. The van der Waals surface area contributed by atoms with Gasteiger partial charge in [0.25, 0.3) is 0 Å². The second-order valence-electron chi connectivity index (χ2n) is 6.22. The van der Waals surface area contributed by atoms with Crippen molar-refractivity contribution in [3.63, 3.8) is 0 Å². The van der Waals surface area contributed by atoms with Crippen molar-refractivity contribution in [3.8, 4) is 0 Å². The van der Waals surface area contributed by atoms with Gasteiger partial charge in [-0.1, -0.05) is 25.5 Å². The zero-order valence-electron chi connectivity index (χ0n) is 10.7. The fourth-order valence-electron chi connectivity index (χ4n) is 3.64. The molecule has 1 heteroatoms. The molecule has 0 heterocycles. The fourth-order valence-corrected chi connectivity index (χ4v) is 3.64. The zero-order valence-corrected chi connectivity index (χ0v) is 10.7. The fraction of sp³-hybridized carbons (Fsp3) is 0.667. The lowest BCUT2D eigenvalue weighted by Gasteiger charge is -2.36. The minimum absolute atomic E-state index is 0.156. The summed E-state index contributed by atoms with van der Waals surface area (Å²) in [5.41, 5.74) is 2.53. The van der Waals surface area contributed by atoms with Gasteiger partial charge in [-0.05, 0) is 49.0 Å². The van der Waals surface area contributed by atoms with Crippen LogP contribution >= 0.6 is 0 Å². The molecule has 2 atom stereocenters. The Morgan fingerprint density at radius 3 is 2.88 bits per heavy atom. The molecule has 0 aromatic heterocycles. The summed E-state index contributed by atoms with van der Waals surface area (Å²) in [6, 6.07) is 0. The van der Waals surface area contributed by atoms with Crippen LogP contribution in [0.4, 0.5) is 0 Å². The zero-order chi connectivity index (χ0) is 11.9. The highest BCUT2D eigenvalue weighted by molar-refractivity contribution is 5.99. The van der Waals surface area contributed by atoms with E-state index in [1.54, 1.807) is 0 Å². The van der Waals surface area contributed by atoms with Crippen molar-refractivity contribution in [1.82, 2.24) is 0 Å². The van der Waals surface area contributed by atoms with E-state index in [4.69, 9.17) is 0 Å². The predicted molar refractivity (Wildman–Crippen MR) is 67.1 cm³/mol. The van der Waals surface area contributed by atoms with E-state index in [2.05, 4.69) is 33.4 Å². The highest BCUT2D eigenvalue weighted by Crippen LogP contribution is 2.52. The first-order valence-electron chi connectivity index (χ1n) is 6.29. The molecule has 2 aliphatic rings. The molecule has 2 rings (SSSR count). The third-order valence-corrected chi connectivity index (χ3v) is 4.10. The Morgan fingerprint density at radius 1 is 1.56 bits per heavy atom. The van der Waals surface area contributed by atoms with E-state index in [9.17, 15) is 4.79 Å². The van der Waals surface area contributed by atoms with Crippen molar-refractivity contribution in [2.75, 3.05) is 0 Å². The Bertz CT molecular complexity index is 360. The Hall–Kier alpha value is -0.850. The van der Waals surface area contributed by atoms with Crippen LogP contribution in [0.15, 0.2) is 23.8 Å². The van der Waals surface area contributed by atoms with Gasteiger partial charge in [-0.3, -0.25) is 4.79 Å². The van der Waals surface area contributed by atoms with Crippen molar-refractivity contribution in [2.45, 2.75) is 46.5 Å². The molecule has 0 saturated heterocycles. The van der Waals surface area contributed by atoms with Gasteiger partial charge in [0.2, 0.25) is 0 Å². The highest BCUT2D eigenvalue weighted by Gasteiger charge is 2.47. The van der Waals surface area contributed by atoms with E-state index < -0.39 is 0 Å². The average Bonchev–Trinajstić information content (AvgIpc) is 2.37. The highest BCUT2D eigenvalue weighted by atomic mass is 16.1. The van der Waals surface area contributed by atoms with Gasteiger partial charge >= 0.3 is 0 Å². The molecule has 0 radical (unpaired) electrons. The topological polar surface area (TPSA) is 17.1 Å². The lowest BCUT2D eigenvalue weighted by molar-refractivity contribution is -0.115. The molecule has 2 aliphatic carbocycles. The van der Waals surface area contributed by atoms with Crippen LogP contribution in [0.2, 0.25) is 0 Å². The number of rotatable bonds is 2. The molecular weight excluding hydrogens is 196 g/mol. The molecule has 2 unspecified atom stereocenters. The van der Waals surface area contributed by atoms with Crippen LogP contribution in [0.3, 0.4) is 0 Å². The van der Waals surface area contributed by atoms with E-state index >= 15 is 0 Å². The smallest absolute Gasteiger partial charge is 0.159 e. The monoisotopic (exact) mass is 218 g/mol. The van der Waals surface area contributed by atoms with E-state index in [0.717, 1.165) is 24.8 Å². The first kappa shape index (κ1) is 11.6. The van der Waals surface area contributed by atoms with Crippen molar-refractivity contribution >= 4 is 5.78 Å². The summed E-state index contributed by atoms with van der Waals surface area (Å²) in [5.74, 6) is 1.51. The summed E-state index contributed by atoms with van der Waals surface area (Å²) in [5, 5.41) is 0. The number of hydrogen-bond acceptors (Lipinski definition) is 1. The third-order valence-electron chi connectivity index (χ3n) is 4.10. The van der Waals surface area contributed by atoms with Gasteiger partial charge in [-0.25, -0.2) is 0 Å². The van der Waals surface area contributed by atoms with Crippen LogP contribution in [0.5, 0.6) is 0 Å². The van der Waals surface area contributed by atoms with Crippen LogP contribution in [0.25, 0.3) is 0 Å². The molecule has 1 fully saturated rings. The molecule has 88 valence electrons. The van der Waals surface area contributed by atoms with Crippen LogP contribution in [0, 0.1) is 17.3 Å². The predicted octanol–water partition coefficient (Wildman–Crippen LogP) is 3.90. The minimum Gasteiger partial charge on any atom is -0.295 e. The molecular formula is C15H22O. The molecule has 0 aromatic rings. The van der Waals surface area contributed by atoms with Crippen LogP contribution in [0.1, 0.15) is 46.5 Å². The van der Waals surface area contributed by atoms with E-state index in [0.29, 0.717) is 17.6 Å². The Kier molecular flexibility index (Phi) is 2.81. The van der Waals surface area contributed by atoms with Gasteiger partial charge in [-0.2, -0.15) is 0 Å². The molecule has 0 bridgehead atoms. The second kappa shape index (κ2) is 3.87. The number of fused-ring (bicyclic) bond motifs is 1. The van der Waals surface area contributed by atoms with Gasteiger partial charge in [0.1, 0.15) is 0 Å². The van der Waals surface area contributed by atoms with Crippen LogP contribution < -0.4 is 0 Å². The van der Waals surface area contributed by atoms with Crippen molar-refractivity contribution in [1.29, 1.82) is 0 Å². The molecule has 0 N–H and O–H groups in total. The van der Waals surface area contributed by atoms with Crippen molar-refractivity contribution < 1.29 is 4.79 Å². The summed E-state index contributed by atoms with van der Waals surface area (Å²) in [7, 11) is 0. The number of carbonyl (C=O) groups excluding carboxylic acids is 1. The lowest BCUT2D eigenvalue weighted by Crippen LogP contribution is -2.28. The lowest BCUT2D eigenvalue weighted by atomic mass is 9.67. The van der Waals surface area contributed by atoms with Gasteiger partial charge in [0.05, 0.1) is 0 Å². The average molecular weight is 218 g/mol. The van der Waals surface area contributed by atoms with Crippen molar-refractivity contribution in [2.24, 2.45) is 17.3 Å². The van der Waals surface area contributed by atoms with Crippen LogP contribution in [-0.2, 0) is 4.79 Å². The molecule has 0 aromatic carbocycles. The SMILES string of the molecule is C=C(C)CC1CCC=C2C(=O)CC(C)(C)C21. The van der Waals surface area contributed by atoms with Gasteiger partial charge in [-0.15, -0.1) is 6.58 Å². The van der Waals surface area contributed by atoms with E-state index in [1.807, 2.05) is 0 Å². The standard InChI is InChI=1S/C15H22O/c1-10(2)8-11-6-5-7-12-13(16)9-15(3,4)14(11)12/h7,11,14H,1,5-6,8-9H2,2-4H3. The minimum atomic E-state index is 0.156. The quantitative estimate of drug-likeness (QED) is 0.642. The molecule has 1 saturated carbocycles. The summed E-state index contributed by atoms with van der Waals surface area (Å²) in [6.07, 6.45) is 6.30. The number of ketones is 1. The summed E-state index contributed by atoms with van der Waals surface area (Å²) >= 11 is 0. The van der Waals surface area contributed by atoms with Gasteiger partial charge in [0.15, 0.2) is 5.78 Å². The number of allylic oxidation sites excluding steroid dienone is 3.